The van der Waals surface area contributed by atoms with E-state index < -0.39 is 0 Å². The highest BCUT2D eigenvalue weighted by Gasteiger charge is 2.13. The Morgan fingerprint density at radius 1 is 1.13 bits per heavy atom. The van der Waals surface area contributed by atoms with E-state index in [2.05, 4.69) is 75.3 Å². The highest BCUT2D eigenvalue weighted by molar-refractivity contribution is 7.13. The summed E-state index contributed by atoms with van der Waals surface area (Å²) < 4.78 is 1.99. The molecule has 0 aliphatic carbocycles. The van der Waals surface area contributed by atoms with Crippen LogP contribution in [-0.2, 0) is 6.42 Å². The van der Waals surface area contributed by atoms with Gasteiger partial charge in [0.2, 0.25) is 0 Å². The first kappa shape index (κ1) is 19.3. The largest absolute Gasteiger partial charge is 0.385 e. The fourth-order valence-electron chi connectivity index (χ4n) is 3.46. The highest BCUT2D eigenvalue weighted by Crippen LogP contribution is 2.32. The number of aryl methyl sites for hydroxylation is 1. The van der Waals surface area contributed by atoms with Crippen molar-refractivity contribution in [2.75, 3.05) is 11.9 Å². The zero-order valence-electron chi connectivity index (χ0n) is 17.1. The molecule has 5 rings (SSSR count). The average molecular weight is 427 g/mol. The topological polar surface area (TPSA) is 71.4 Å². The standard InChI is InChI=1S/C24H22N6S/c1-17-5-7-18(8-6-17)23-22(14-27-29-23)24-28-20(15-31-24)9-10-26-19-3-2-4-21(13-19)30-12-11-25-16-30/h2-8,11-16,26H,9-10H2,1H3,(H,27,29). The van der Waals surface area contributed by atoms with E-state index in [0.29, 0.717) is 0 Å². The van der Waals surface area contributed by atoms with Gasteiger partial charge in [-0.1, -0.05) is 35.9 Å². The molecule has 0 aliphatic heterocycles. The molecule has 5 aromatic rings. The van der Waals surface area contributed by atoms with Gasteiger partial charge in [-0.2, -0.15) is 5.10 Å². The number of imidazole rings is 1. The number of nitrogens with zero attached hydrogens (tertiary/aromatic N) is 4. The molecule has 3 aromatic heterocycles. The SMILES string of the molecule is Cc1ccc(-c2[nH]ncc2-c2nc(CCNc3cccc(-n4ccnc4)c3)cs2)cc1. The second-order valence-electron chi connectivity index (χ2n) is 7.37. The van der Waals surface area contributed by atoms with Gasteiger partial charge in [-0.25, -0.2) is 9.97 Å². The first-order valence-electron chi connectivity index (χ1n) is 10.1. The van der Waals surface area contributed by atoms with Crippen molar-refractivity contribution in [2.45, 2.75) is 13.3 Å². The molecular formula is C24H22N6S. The number of benzene rings is 2. The Morgan fingerprint density at radius 3 is 2.87 bits per heavy atom. The van der Waals surface area contributed by atoms with Crippen LogP contribution in [0.4, 0.5) is 5.69 Å². The van der Waals surface area contributed by atoms with Crippen LogP contribution in [0.5, 0.6) is 0 Å². The normalized spacial score (nSPS) is 11.0. The van der Waals surface area contributed by atoms with Crippen molar-refractivity contribution < 1.29 is 0 Å². The number of anilines is 1. The molecule has 0 saturated carbocycles. The molecule has 0 atom stereocenters. The molecule has 0 bridgehead atoms. The number of nitrogens with one attached hydrogen (secondary N) is 2. The van der Waals surface area contributed by atoms with Gasteiger partial charge in [-0.3, -0.25) is 5.10 Å². The third-order valence-electron chi connectivity index (χ3n) is 5.12. The highest BCUT2D eigenvalue weighted by atomic mass is 32.1. The molecule has 0 radical (unpaired) electrons. The molecule has 0 saturated heterocycles. The van der Waals surface area contributed by atoms with E-state index in [4.69, 9.17) is 4.98 Å². The summed E-state index contributed by atoms with van der Waals surface area (Å²) in [6, 6.07) is 16.8. The van der Waals surface area contributed by atoms with Gasteiger partial charge >= 0.3 is 0 Å². The first-order chi connectivity index (χ1) is 15.3. The van der Waals surface area contributed by atoms with E-state index in [1.54, 1.807) is 23.9 Å². The van der Waals surface area contributed by atoms with Crippen molar-refractivity contribution in [3.8, 4) is 27.5 Å². The maximum absolute atomic E-state index is 4.85. The monoisotopic (exact) mass is 426 g/mol. The fourth-order valence-corrected chi connectivity index (χ4v) is 4.33. The zero-order chi connectivity index (χ0) is 21.0. The number of aromatic amines is 1. The maximum atomic E-state index is 4.85. The molecular weight excluding hydrogens is 404 g/mol. The zero-order valence-corrected chi connectivity index (χ0v) is 17.9. The Hall–Kier alpha value is -3.71. The van der Waals surface area contributed by atoms with Crippen LogP contribution in [0.1, 0.15) is 11.3 Å². The quantitative estimate of drug-likeness (QED) is 0.368. The molecule has 0 spiro atoms. The van der Waals surface area contributed by atoms with Gasteiger partial charge < -0.3 is 9.88 Å². The van der Waals surface area contributed by atoms with E-state index in [1.165, 1.54) is 5.56 Å². The average Bonchev–Trinajstić information content (AvgIpc) is 3.56. The molecule has 2 N–H and O–H groups in total. The van der Waals surface area contributed by atoms with Crippen LogP contribution >= 0.6 is 11.3 Å². The van der Waals surface area contributed by atoms with Crippen LogP contribution in [0.2, 0.25) is 0 Å². The van der Waals surface area contributed by atoms with E-state index >= 15 is 0 Å². The number of H-pyrrole nitrogens is 1. The van der Waals surface area contributed by atoms with Crippen LogP contribution in [0.15, 0.2) is 78.8 Å². The number of thiazole rings is 1. The summed E-state index contributed by atoms with van der Waals surface area (Å²) in [6.45, 7) is 2.90. The summed E-state index contributed by atoms with van der Waals surface area (Å²) in [7, 11) is 0. The summed E-state index contributed by atoms with van der Waals surface area (Å²) in [6.07, 6.45) is 8.23. The van der Waals surface area contributed by atoms with Gasteiger partial charge in [0, 0.05) is 47.7 Å². The van der Waals surface area contributed by atoms with Gasteiger partial charge in [0.1, 0.15) is 5.01 Å². The van der Waals surface area contributed by atoms with Gasteiger partial charge in [-0.15, -0.1) is 11.3 Å². The molecule has 6 nitrogen and oxygen atoms in total. The fraction of sp³-hybridized carbons (Fsp3) is 0.125. The van der Waals surface area contributed by atoms with Crippen molar-refractivity contribution in [3.63, 3.8) is 0 Å². The van der Waals surface area contributed by atoms with Gasteiger partial charge in [-0.05, 0) is 25.1 Å². The van der Waals surface area contributed by atoms with Crippen molar-refractivity contribution in [3.05, 3.63) is 90.1 Å². The Bertz CT molecular complexity index is 1270. The van der Waals surface area contributed by atoms with Crippen LogP contribution in [0.3, 0.4) is 0 Å². The lowest BCUT2D eigenvalue weighted by Crippen LogP contribution is -2.05. The van der Waals surface area contributed by atoms with Gasteiger partial charge in [0.15, 0.2) is 0 Å². The molecule has 154 valence electrons. The molecule has 0 fully saturated rings. The Kier molecular flexibility index (Phi) is 5.33. The van der Waals surface area contributed by atoms with Crippen LogP contribution in [-0.4, -0.2) is 31.3 Å². The lowest BCUT2D eigenvalue weighted by atomic mass is 10.1. The van der Waals surface area contributed by atoms with E-state index in [9.17, 15) is 0 Å². The van der Waals surface area contributed by atoms with E-state index in [-0.39, 0.29) is 0 Å². The summed E-state index contributed by atoms with van der Waals surface area (Å²) in [5.41, 5.74) is 7.66. The second kappa shape index (κ2) is 8.57. The summed E-state index contributed by atoms with van der Waals surface area (Å²) in [5, 5.41) is 14.0. The minimum atomic E-state index is 0.812. The number of aromatic nitrogens is 5. The Balaban J connectivity index is 1.25. The minimum Gasteiger partial charge on any atom is -0.385 e. The molecule has 7 heteroatoms. The second-order valence-corrected chi connectivity index (χ2v) is 8.22. The Labute approximate surface area is 184 Å². The predicted molar refractivity (Wildman–Crippen MR) is 126 cm³/mol. The summed E-state index contributed by atoms with van der Waals surface area (Å²) in [5.74, 6) is 0. The molecule has 31 heavy (non-hydrogen) atoms. The van der Waals surface area contributed by atoms with Gasteiger partial charge in [0.05, 0.1) is 29.5 Å². The Morgan fingerprint density at radius 2 is 2.03 bits per heavy atom. The molecule has 3 heterocycles. The lowest BCUT2D eigenvalue weighted by Gasteiger charge is -2.08. The third-order valence-corrected chi connectivity index (χ3v) is 6.05. The number of hydrogen-bond donors (Lipinski definition) is 2. The van der Waals surface area contributed by atoms with Crippen LogP contribution in [0.25, 0.3) is 27.5 Å². The maximum Gasteiger partial charge on any atom is 0.127 e. The lowest BCUT2D eigenvalue weighted by molar-refractivity contribution is 0.977. The van der Waals surface area contributed by atoms with Crippen LogP contribution in [0, 0.1) is 6.92 Å². The molecule has 0 amide bonds. The van der Waals surface area contributed by atoms with Crippen molar-refractivity contribution in [2.24, 2.45) is 0 Å². The van der Waals surface area contributed by atoms with Crippen molar-refractivity contribution in [1.82, 2.24) is 24.7 Å². The predicted octanol–water partition coefficient (Wildman–Crippen LogP) is 5.35. The smallest absolute Gasteiger partial charge is 0.127 e. The first-order valence-corrected chi connectivity index (χ1v) is 11.0. The van der Waals surface area contributed by atoms with E-state index in [1.807, 2.05) is 23.0 Å². The van der Waals surface area contributed by atoms with Crippen molar-refractivity contribution in [1.29, 1.82) is 0 Å². The number of hydrogen-bond acceptors (Lipinski definition) is 5. The van der Waals surface area contributed by atoms with Gasteiger partial charge in [0.25, 0.3) is 0 Å². The van der Waals surface area contributed by atoms with Crippen molar-refractivity contribution >= 4 is 17.0 Å². The summed E-state index contributed by atoms with van der Waals surface area (Å²) >= 11 is 1.66. The molecule has 0 unspecified atom stereocenters. The third kappa shape index (κ3) is 4.27. The van der Waals surface area contributed by atoms with E-state index in [0.717, 1.165) is 51.9 Å². The summed E-state index contributed by atoms with van der Waals surface area (Å²) in [4.78, 5) is 8.96. The van der Waals surface area contributed by atoms with Crippen LogP contribution < -0.4 is 5.32 Å². The number of rotatable bonds is 7. The minimum absolute atomic E-state index is 0.812. The molecule has 2 aromatic carbocycles. The molecule has 0 aliphatic rings.